The molecule has 1 aromatic rings. The molecule has 1 aliphatic rings. The van der Waals surface area contributed by atoms with Crippen LogP contribution >= 0.6 is 0 Å². The van der Waals surface area contributed by atoms with Crippen LogP contribution < -0.4 is 0 Å². The molecular weight excluding hydrogens is 156 g/mol. The van der Waals surface area contributed by atoms with Gasteiger partial charge < -0.3 is 9.32 Å². The predicted octanol–water partition coefficient (Wildman–Crippen LogP) is 0.620. The van der Waals surface area contributed by atoms with E-state index in [-0.39, 0.29) is 11.8 Å². The number of rotatable bonds is 1. The van der Waals surface area contributed by atoms with Crippen LogP contribution in [0.15, 0.2) is 17.1 Å². The Morgan fingerprint density at radius 2 is 2.58 bits per heavy atom. The van der Waals surface area contributed by atoms with Crippen LogP contribution in [0.4, 0.5) is 0 Å². The molecular formula is C8H10N2O2. The summed E-state index contributed by atoms with van der Waals surface area (Å²) in [5.41, 5.74) is 0.882. The smallest absolute Gasteiger partial charge is 0.223 e. The summed E-state index contributed by atoms with van der Waals surface area (Å²) >= 11 is 0. The first-order valence-electron chi connectivity index (χ1n) is 3.89. The first-order chi connectivity index (χ1) is 5.77. The van der Waals surface area contributed by atoms with E-state index in [1.807, 2.05) is 7.05 Å². The first kappa shape index (κ1) is 7.34. The van der Waals surface area contributed by atoms with Gasteiger partial charge in [-0.25, -0.2) is 4.98 Å². The molecule has 4 nitrogen and oxygen atoms in total. The van der Waals surface area contributed by atoms with Crippen molar-refractivity contribution in [3.63, 3.8) is 0 Å². The lowest BCUT2D eigenvalue weighted by atomic mass is 10.1. The van der Waals surface area contributed by atoms with Crippen LogP contribution in [-0.4, -0.2) is 29.4 Å². The summed E-state index contributed by atoms with van der Waals surface area (Å²) in [7, 11) is 1.81. The van der Waals surface area contributed by atoms with Gasteiger partial charge in [0.2, 0.25) is 5.91 Å². The Balaban J connectivity index is 2.14. The Kier molecular flexibility index (Phi) is 1.60. The molecule has 0 radical (unpaired) electrons. The van der Waals surface area contributed by atoms with Crippen molar-refractivity contribution in [2.24, 2.45) is 0 Å². The third-order valence-electron chi connectivity index (χ3n) is 2.21. The summed E-state index contributed by atoms with van der Waals surface area (Å²) in [6.45, 7) is 0.755. The lowest BCUT2D eigenvalue weighted by molar-refractivity contribution is -0.126. The molecule has 0 bridgehead atoms. The van der Waals surface area contributed by atoms with E-state index in [1.165, 1.54) is 6.39 Å². The molecule has 2 rings (SSSR count). The fourth-order valence-corrected chi connectivity index (χ4v) is 1.49. The zero-order chi connectivity index (χ0) is 8.55. The average molecular weight is 166 g/mol. The van der Waals surface area contributed by atoms with Gasteiger partial charge in [0.1, 0.15) is 6.26 Å². The van der Waals surface area contributed by atoms with E-state index < -0.39 is 0 Å². The van der Waals surface area contributed by atoms with Gasteiger partial charge in [0.25, 0.3) is 0 Å². The van der Waals surface area contributed by atoms with Crippen LogP contribution in [0.25, 0.3) is 0 Å². The van der Waals surface area contributed by atoms with Crippen LogP contribution in [0.2, 0.25) is 0 Å². The predicted molar refractivity (Wildman–Crippen MR) is 41.5 cm³/mol. The van der Waals surface area contributed by atoms with E-state index >= 15 is 0 Å². The Bertz CT molecular complexity index is 281. The van der Waals surface area contributed by atoms with Gasteiger partial charge in [-0.2, -0.15) is 0 Å². The van der Waals surface area contributed by atoms with Crippen molar-refractivity contribution in [3.8, 4) is 0 Å². The molecule has 0 N–H and O–H groups in total. The Morgan fingerprint density at radius 3 is 3.08 bits per heavy atom. The van der Waals surface area contributed by atoms with Gasteiger partial charge in [0.15, 0.2) is 6.39 Å². The van der Waals surface area contributed by atoms with Crippen molar-refractivity contribution in [3.05, 3.63) is 18.4 Å². The van der Waals surface area contributed by atoms with E-state index in [9.17, 15) is 4.79 Å². The van der Waals surface area contributed by atoms with Crippen LogP contribution in [0.1, 0.15) is 18.0 Å². The highest BCUT2D eigenvalue weighted by Crippen LogP contribution is 2.25. The standard InChI is InChI=1S/C8H10N2O2/c1-10-3-6(2-8(10)11)7-4-12-5-9-7/h4-6H,2-3H2,1H3. The van der Waals surface area contributed by atoms with Gasteiger partial charge in [0, 0.05) is 25.9 Å². The molecule has 1 saturated heterocycles. The Labute approximate surface area is 70.2 Å². The van der Waals surface area contributed by atoms with Crippen molar-refractivity contribution >= 4 is 5.91 Å². The van der Waals surface area contributed by atoms with Crippen molar-refractivity contribution in [1.29, 1.82) is 0 Å². The van der Waals surface area contributed by atoms with E-state index in [0.717, 1.165) is 12.2 Å². The Morgan fingerprint density at radius 1 is 1.75 bits per heavy atom. The van der Waals surface area contributed by atoms with E-state index in [0.29, 0.717) is 6.42 Å². The molecule has 1 aliphatic heterocycles. The zero-order valence-electron chi connectivity index (χ0n) is 6.86. The molecule has 1 aromatic heterocycles. The number of nitrogens with zero attached hydrogens (tertiary/aromatic N) is 2. The maximum atomic E-state index is 11.1. The highest BCUT2D eigenvalue weighted by atomic mass is 16.3. The highest BCUT2D eigenvalue weighted by molar-refractivity contribution is 5.79. The molecule has 0 aliphatic carbocycles. The first-order valence-corrected chi connectivity index (χ1v) is 3.89. The maximum Gasteiger partial charge on any atom is 0.223 e. The maximum absolute atomic E-state index is 11.1. The number of carbonyl (C=O) groups excluding carboxylic acids is 1. The highest BCUT2D eigenvalue weighted by Gasteiger charge is 2.29. The molecule has 1 amide bonds. The summed E-state index contributed by atoms with van der Waals surface area (Å²) in [4.78, 5) is 16.9. The Hall–Kier alpha value is -1.32. The zero-order valence-corrected chi connectivity index (χ0v) is 6.86. The van der Waals surface area contributed by atoms with Gasteiger partial charge in [0.05, 0.1) is 5.69 Å². The lowest BCUT2D eigenvalue weighted by Gasteiger charge is -2.06. The summed E-state index contributed by atoms with van der Waals surface area (Å²) in [5.74, 6) is 0.407. The van der Waals surface area contributed by atoms with Gasteiger partial charge >= 0.3 is 0 Å². The average Bonchev–Trinajstić information content (AvgIpc) is 2.61. The molecule has 1 fully saturated rings. The van der Waals surface area contributed by atoms with E-state index in [1.54, 1.807) is 11.2 Å². The number of likely N-dealkylation sites (N-methyl/N-ethyl adjacent to an activating group) is 1. The van der Waals surface area contributed by atoms with Gasteiger partial charge in [-0.3, -0.25) is 4.79 Å². The number of hydrogen-bond acceptors (Lipinski definition) is 3. The number of carbonyl (C=O) groups is 1. The minimum Gasteiger partial charge on any atom is -0.451 e. The molecule has 12 heavy (non-hydrogen) atoms. The number of oxazole rings is 1. The third kappa shape index (κ3) is 1.09. The van der Waals surface area contributed by atoms with E-state index in [4.69, 9.17) is 4.42 Å². The second kappa shape index (κ2) is 2.62. The molecule has 1 atom stereocenters. The molecule has 1 unspecified atom stereocenters. The summed E-state index contributed by atoms with van der Waals surface area (Å²) < 4.78 is 4.86. The molecule has 0 spiro atoms. The SMILES string of the molecule is CN1CC(c2cocn2)CC1=O. The third-order valence-corrected chi connectivity index (χ3v) is 2.21. The van der Waals surface area contributed by atoms with Gasteiger partial charge in [-0.1, -0.05) is 0 Å². The van der Waals surface area contributed by atoms with Crippen molar-refractivity contribution in [2.45, 2.75) is 12.3 Å². The normalized spacial score (nSPS) is 23.6. The number of amides is 1. The number of aromatic nitrogens is 1. The summed E-state index contributed by atoms with van der Waals surface area (Å²) in [5, 5.41) is 0. The largest absolute Gasteiger partial charge is 0.451 e. The lowest BCUT2D eigenvalue weighted by Crippen LogP contribution is -2.18. The van der Waals surface area contributed by atoms with Gasteiger partial charge in [-0.05, 0) is 0 Å². The van der Waals surface area contributed by atoms with Crippen LogP contribution in [-0.2, 0) is 4.79 Å². The van der Waals surface area contributed by atoms with E-state index in [2.05, 4.69) is 4.98 Å². The van der Waals surface area contributed by atoms with Crippen molar-refractivity contribution < 1.29 is 9.21 Å². The van der Waals surface area contributed by atoms with Gasteiger partial charge in [-0.15, -0.1) is 0 Å². The molecule has 0 aromatic carbocycles. The molecule has 2 heterocycles. The number of hydrogen-bond donors (Lipinski definition) is 0. The minimum absolute atomic E-state index is 0.183. The second-order valence-electron chi connectivity index (χ2n) is 3.09. The number of likely N-dealkylation sites (tertiary alicyclic amines) is 1. The fraction of sp³-hybridized carbons (Fsp3) is 0.500. The second-order valence-corrected chi connectivity index (χ2v) is 3.09. The molecule has 4 heteroatoms. The minimum atomic E-state index is 0.183. The van der Waals surface area contributed by atoms with Crippen molar-refractivity contribution in [2.75, 3.05) is 13.6 Å². The van der Waals surface area contributed by atoms with Crippen LogP contribution in [0.3, 0.4) is 0 Å². The quantitative estimate of drug-likeness (QED) is 0.614. The molecule has 0 saturated carbocycles. The monoisotopic (exact) mass is 166 g/mol. The van der Waals surface area contributed by atoms with Crippen LogP contribution in [0.5, 0.6) is 0 Å². The topological polar surface area (TPSA) is 46.3 Å². The van der Waals surface area contributed by atoms with Crippen molar-refractivity contribution in [1.82, 2.24) is 9.88 Å². The fourth-order valence-electron chi connectivity index (χ4n) is 1.49. The molecule has 64 valence electrons. The summed E-state index contributed by atoms with van der Waals surface area (Å²) in [6, 6.07) is 0. The summed E-state index contributed by atoms with van der Waals surface area (Å²) in [6.07, 6.45) is 3.57. The van der Waals surface area contributed by atoms with Crippen LogP contribution in [0, 0.1) is 0 Å².